The number of rotatable bonds is 10. The molecule has 3 rings (SSSR count). The zero-order valence-electron chi connectivity index (χ0n) is 17.7. The highest BCUT2D eigenvalue weighted by Gasteiger charge is 2.21. The lowest BCUT2D eigenvalue weighted by Gasteiger charge is -2.21. The lowest BCUT2D eigenvalue weighted by Crippen LogP contribution is -2.37. The number of nitrogens with zero attached hydrogens (tertiary/aromatic N) is 2. The summed E-state index contributed by atoms with van der Waals surface area (Å²) in [5, 5.41) is 8.97. The molecule has 1 atom stereocenters. The van der Waals surface area contributed by atoms with Crippen LogP contribution in [0.3, 0.4) is 0 Å². The zero-order chi connectivity index (χ0) is 23.1. The van der Waals surface area contributed by atoms with E-state index in [4.69, 9.17) is 27.6 Å². The zero-order valence-corrected chi connectivity index (χ0v) is 20.1. The minimum Gasteiger partial charge on any atom is -0.467 e. The molecule has 1 aromatic carbocycles. The molecule has 32 heavy (non-hydrogen) atoms. The number of nitrogens with one attached hydrogen (secondary N) is 2. The number of carbonyl (C=O) groups excluding carboxylic acids is 2. The van der Waals surface area contributed by atoms with Crippen molar-refractivity contribution in [3.8, 4) is 0 Å². The fourth-order valence-corrected chi connectivity index (χ4v) is 3.88. The minimum absolute atomic E-state index is 0.0854. The smallest absolute Gasteiger partial charge is 0.273 e. The molecule has 2 aromatic heterocycles. The van der Waals surface area contributed by atoms with Crippen LogP contribution < -0.4 is 10.6 Å². The third kappa shape index (κ3) is 6.48. The number of aromatic nitrogens is 1. The number of carbonyl (C=O) groups is 2. The molecule has 0 radical (unpaired) electrons. The van der Waals surface area contributed by atoms with E-state index in [1.807, 2.05) is 13.8 Å². The van der Waals surface area contributed by atoms with E-state index in [9.17, 15) is 9.59 Å². The van der Waals surface area contributed by atoms with Gasteiger partial charge in [0.2, 0.25) is 5.91 Å². The summed E-state index contributed by atoms with van der Waals surface area (Å²) in [5.41, 5.74) is 0.867. The Kier molecular flexibility index (Phi) is 8.55. The Morgan fingerprint density at radius 3 is 2.78 bits per heavy atom. The maximum Gasteiger partial charge on any atom is 0.273 e. The van der Waals surface area contributed by atoms with E-state index in [0.717, 1.165) is 6.42 Å². The van der Waals surface area contributed by atoms with E-state index in [2.05, 4.69) is 15.6 Å². The fraction of sp³-hybridized carbons (Fsp3) is 0.318. The predicted molar refractivity (Wildman–Crippen MR) is 128 cm³/mol. The third-order valence-corrected chi connectivity index (χ3v) is 6.34. The SMILES string of the molecule is CC[C@H](C)NC(=O)CCN(Cc1ccco1)C(=O)c1csc(Nc2cccc(Cl)c2Cl)n1. The first-order valence-electron chi connectivity index (χ1n) is 10.1. The number of benzene rings is 1. The van der Waals surface area contributed by atoms with Gasteiger partial charge in [0.1, 0.15) is 11.5 Å². The lowest BCUT2D eigenvalue weighted by atomic mass is 10.2. The molecule has 3 aromatic rings. The Labute approximate surface area is 200 Å². The van der Waals surface area contributed by atoms with E-state index in [1.54, 1.807) is 46.9 Å². The van der Waals surface area contributed by atoms with E-state index < -0.39 is 0 Å². The highest BCUT2D eigenvalue weighted by Crippen LogP contribution is 2.32. The van der Waals surface area contributed by atoms with Crippen LogP contribution in [0.25, 0.3) is 0 Å². The number of amides is 2. The molecule has 0 bridgehead atoms. The molecule has 7 nitrogen and oxygen atoms in total. The lowest BCUT2D eigenvalue weighted by molar-refractivity contribution is -0.121. The molecular weight excluding hydrogens is 471 g/mol. The second-order valence-corrected chi connectivity index (χ2v) is 8.84. The van der Waals surface area contributed by atoms with Crippen molar-refractivity contribution >= 4 is 57.2 Å². The summed E-state index contributed by atoms with van der Waals surface area (Å²) in [6, 6.07) is 8.86. The summed E-state index contributed by atoms with van der Waals surface area (Å²) in [6.45, 7) is 4.42. The second kappa shape index (κ2) is 11.4. The Balaban J connectivity index is 1.71. The molecule has 0 unspecified atom stereocenters. The molecule has 10 heteroatoms. The van der Waals surface area contributed by atoms with Gasteiger partial charge >= 0.3 is 0 Å². The van der Waals surface area contributed by atoms with Crippen molar-refractivity contribution in [2.75, 3.05) is 11.9 Å². The molecule has 2 amide bonds. The van der Waals surface area contributed by atoms with Crippen molar-refractivity contribution in [1.29, 1.82) is 0 Å². The molecule has 0 saturated carbocycles. The van der Waals surface area contributed by atoms with E-state index in [1.165, 1.54) is 11.3 Å². The van der Waals surface area contributed by atoms with E-state index in [-0.39, 0.29) is 43.1 Å². The van der Waals surface area contributed by atoms with Gasteiger partial charge in [-0.25, -0.2) is 4.98 Å². The van der Waals surface area contributed by atoms with Crippen LogP contribution >= 0.6 is 34.5 Å². The third-order valence-electron chi connectivity index (χ3n) is 4.76. The van der Waals surface area contributed by atoms with Gasteiger partial charge in [-0.3, -0.25) is 9.59 Å². The summed E-state index contributed by atoms with van der Waals surface area (Å²) in [6.07, 6.45) is 2.57. The van der Waals surface area contributed by atoms with Crippen molar-refractivity contribution in [1.82, 2.24) is 15.2 Å². The van der Waals surface area contributed by atoms with Gasteiger partial charge in [0.15, 0.2) is 5.13 Å². The van der Waals surface area contributed by atoms with Crippen LogP contribution in [0.2, 0.25) is 10.0 Å². The first-order chi connectivity index (χ1) is 15.4. The molecule has 0 aliphatic carbocycles. The standard InChI is InChI=1S/C22H24Cl2N4O3S/c1-3-14(2)25-19(29)9-10-28(12-15-6-5-11-31-15)21(30)18-13-32-22(27-18)26-17-8-4-7-16(23)20(17)24/h4-8,11,13-14H,3,9-10,12H2,1-2H3,(H,25,29)(H,26,27)/t14-/m0/s1. The van der Waals surface area contributed by atoms with Gasteiger partial charge < -0.3 is 20.0 Å². The van der Waals surface area contributed by atoms with Gasteiger partial charge in [0.25, 0.3) is 5.91 Å². The molecule has 0 aliphatic heterocycles. The maximum absolute atomic E-state index is 13.2. The molecule has 170 valence electrons. The maximum atomic E-state index is 13.2. The number of anilines is 2. The molecule has 0 spiro atoms. The van der Waals surface area contributed by atoms with Gasteiger partial charge in [-0.05, 0) is 37.6 Å². The largest absolute Gasteiger partial charge is 0.467 e. The van der Waals surface area contributed by atoms with E-state index >= 15 is 0 Å². The van der Waals surface area contributed by atoms with Crippen LogP contribution in [-0.4, -0.2) is 34.3 Å². The van der Waals surface area contributed by atoms with Gasteiger partial charge in [0, 0.05) is 24.4 Å². The summed E-state index contributed by atoms with van der Waals surface area (Å²) in [7, 11) is 0. The second-order valence-electron chi connectivity index (χ2n) is 7.20. The summed E-state index contributed by atoms with van der Waals surface area (Å²) in [4.78, 5) is 31.4. The van der Waals surface area contributed by atoms with Crippen molar-refractivity contribution in [3.05, 3.63) is 63.5 Å². The Hall–Kier alpha value is -2.55. The minimum atomic E-state index is -0.292. The number of thiazole rings is 1. The Morgan fingerprint density at radius 2 is 2.06 bits per heavy atom. The van der Waals surface area contributed by atoms with Crippen molar-refractivity contribution in [2.24, 2.45) is 0 Å². The molecule has 0 fully saturated rings. The van der Waals surface area contributed by atoms with Gasteiger partial charge in [0.05, 0.1) is 28.5 Å². The Bertz CT molecular complexity index is 1060. The highest BCUT2D eigenvalue weighted by atomic mass is 35.5. The topological polar surface area (TPSA) is 87.5 Å². The molecule has 2 heterocycles. The number of furan rings is 1. The van der Waals surface area contributed by atoms with Crippen molar-refractivity contribution in [2.45, 2.75) is 39.3 Å². The number of halogens is 2. The first-order valence-corrected chi connectivity index (χ1v) is 11.8. The molecular formula is C22H24Cl2N4O3S. The molecule has 2 N–H and O–H groups in total. The molecule has 0 saturated heterocycles. The van der Waals surface area contributed by atoms with Crippen LogP contribution in [0.5, 0.6) is 0 Å². The van der Waals surface area contributed by atoms with Crippen LogP contribution in [0, 0.1) is 0 Å². The average Bonchev–Trinajstić information content (AvgIpc) is 3.46. The van der Waals surface area contributed by atoms with Crippen LogP contribution in [0.15, 0.2) is 46.4 Å². The number of hydrogen-bond acceptors (Lipinski definition) is 6. The monoisotopic (exact) mass is 494 g/mol. The highest BCUT2D eigenvalue weighted by molar-refractivity contribution is 7.14. The van der Waals surface area contributed by atoms with Gasteiger partial charge in [-0.2, -0.15) is 0 Å². The van der Waals surface area contributed by atoms with Crippen LogP contribution in [-0.2, 0) is 11.3 Å². The normalized spacial score (nSPS) is 11.8. The summed E-state index contributed by atoms with van der Waals surface area (Å²) >= 11 is 13.5. The predicted octanol–water partition coefficient (Wildman–Crippen LogP) is 5.73. The molecule has 0 aliphatic rings. The summed E-state index contributed by atoms with van der Waals surface area (Å²) in [5.74, 6) is 0.229. The fourth-order valence-electron chi connectivity index (χ4n) is 2.84. The average molecular weight is 495 g/mol. The van der Waals surface area contributed by atoms with E-state index in [0.29, 0.717) is 26.6 Å². The number of hydrogen-bond donors (Lipinski definition) is 2. The van der Waals surface area contributed by atoms with Crippen LogP contribution in [0.1, 0.15) is 42.9 Å². The van der Waals surface area contributed by atoms with Gasteiger partial charge in [-0.15, -0.1) is 11.3 Å². The summed E-state index contributed by atoms with van der Waals surface area (Å²) < 4.78 is 5.40. The quantitative estimate of drug-likeness (QED) is 0.375. The first kappa shape index (κ1) is 24.1. The van der Waals surface area contributed by atoms with Crippen molar-refractivity contribution in [3.63, 3.8) is 0 Å². The Morgan fingerprint density at radius 1 is 1.25 bits per heavy atom. The van der Waals surface area contributed by atoms with Crippen LogP contribution in [0.4, 0.5) is 10.8 Å². The van der Waals surface area contributed by atoms with Crippen molar-refractivity contribution < 1.29 is 14.0 Å². The van der Waals surface area contributed by atoms with Gasteiger partial charge in [-0.1, -0.05) is 36.2 Å².